The molecular formula is C44H30. The lowest BCUT2D eigenvalue weighted by Crippen LogP contribution is -1.98. The Labute approximate surface area is 260 Å². The van der Waals surface area contributed by atoms with Crippen molar-refractivity contribution in [2.45, 2.75) is 0 Å². The van der Waals surface area contributed by atoms with Crippen LogP contribution in [0.4, 0.5) is 0 Å². The van der Waals surface area contributed by atoms with Crippen LogP contribution in [0.15, 0.2) is 182 Å². The average Bonchev–Trinajstić information content (AvgIpc) is 3.12. The third kappa shape index (κ3) is 5.60. The first-order valence-corrected chi connectivity index (χ1v) is 15.0. The van der Waals surface area contributed by atoms with Gasteiger partial charge in [0.2, 0.25) is 0 Å². The van der Waals surface area contributed by atoms with Crippen LogP contribution in [0.3, 0.4) is 0 Å². The molecule has 0 nitrogen and oxygen atoms in total. The Hall–Kier alpha value is -5.90. The summed E-state index contributed by atoms with van der Waals surface area (Å²) >= 11 is 0. The molecule has 0 aromatic heterocycles. The molecule has 0 spiro atoms. The largest absolute Gasteiger partial charge is 0.0622 e. The molecule has 0 fully saturated rings. The summed E-state index contributed by atoms with van der Waals surface area (Å²) in [6.45, 7) is 0. The van der Waals surface area contributed by atoms with Crippen molar-refractivity contribution >= 4 is 0 Å². The third-order valence-corrected chi connectivity index (χ3v) is 7.92. The lowest BCUT2D eigenvalue weighted by atomic mass is 9.79. The molecule has 0 N–H and O–H groups in total. The number of rotatable bonds is 5. The van der Waals surface area contributed by atoms with Gasteiger partial charge in [-0.1, -0.05) is 164 Å². The molecule has 44 heavy (non-hydrogen) atoms. The minimum Gasteiger partial charge on any atom is -0.0622 e. The predicted octanol–water partition coefficient (Wildman–Crippen LogP) is 11.4. The van der Waals surface area contributed by atoms with E-state index in [0.717, 1.165) is 16.7 Å². The van der Waals surface area contributed by atoms with Crippen molar-refractivity contribution in [3.8, 4) is 67.5 Å². The number of hydrogen-bond donors (Lipinski definition) is 0. The summed E-state index contributed by atoms with van der Waals surface area (Å²) in [5.74, 6) is 6.66. The van der Waals surface area contributed by atoms with Gasteiger partial charge in [0.05, 0.1) is 0 Å². The Morgan fingerprint density at radius 2 is 0.568 bits per heavy atom. The summed E-state index contributed by atoms with van der Waals surface area (Å²) in [7, 11) is 0. The van der Waals surface area contributed by atoms with E-state index in [9.17, 15) is 0 Å². The lowest BCUT2D eigenvalue weighted by Gasteiger charge is -2.24. The molecule has 0 heteroatoms. The smallest absolute Gasteiger partial charge is 0.0249 e. The second-order valence-electron chi connectivity index (χ2n) is 10.8. The molecule has 0 atom stereocenters. The van der Waals surface area contributed by atoms with Crippen molar-refractivity contribution in [3.63, 3.8) is 0 Å². The summed E-state index contributed by atoms with van der Waals surface area (Å²) < 4.78 is 0. The highest BCUT2D eigenvalue weighted by molar-refractivity contribution is 6.07. The zero-order valence-electron chi connectivity index (χ0n) is 24.3. The van der Waals surface area contributed by atoms with E-state index in [1.54, 1.807) is 0 Å². The maximum Gasteiger partial charge on any atom is 0.0249 e. The van der Waals surface area contributed by atoms with Crippen LogP contribution < -0.4 is 0 Å². The van der Waals surface area contributed by atoms with Crippen LogP contribution in [-0.2, 0) is 0 Å². The number of hydrogen-bond acceptors (Lipinski definition) is 0. The van der Waals surface area contributed by atoms with Crippen molar-refractivity contribution in [3.05, 3.63) is 193 Å². The van der Waals surface area contributed by atoms with Gasteiger partial charge in [0.25, 0.3) is 0 Å². The van der Waals surface area contributed by atoms with E-state index in [4.69, 9.17) is 0 Å². The van der Waals surface area contributed by atoms with E-state index in [1.165, 1.54) is 50.1 Å². The molecule has 206 valence electrons. The van der Waals surface area contributed by atoms with Crippen LogP contribution >= 0.6 is 0 Å². The van der Waals surface area contributed by atoms with Gasteiger partial charge in [0.1, 0.15) is 0 Å². The molecule has 0 aliphatic heterocycles. The van der Waals surface area contributed by atoms with Gasteiger partial charge in [-0.2, -0.15) is 0 Å². The molecule has 7 aromatic carbocycles. The Kier molecular flexibility index (Phi) is 7.68. The topological polar surface area (TPSA) is 0 Å². The summed E-state index contributed by atoms with van der Waals surface area (Å²) in [5, 5.41) is 0. The van der Waals surface area contributed by atoms with Gasteiger partial charge >= 0.3 is 0 Å². The first-order chi connectivity index (χ1) is 21.8. The quantitative estimate of drug-likeness (QED) is 0.184. The van der Waals surface area contributed by atoms with Crippen LogP contribution in [0.1, 0.15) is 11.1 Å². The van der Waals surface area contributed by atoms with Gasteiger partial charge < -0.3 is 0 Å². The molecule has 7 aromatic rings. The minimum atomic E-state index is 0.989. The van der Waals surface area contributed by atoms with Gasteiger partial charge in [-0.3, -0.25) is 0 Å². The van der Waals surface area contributed by atoms with E-state index in [0.29, 0.717) is 0 Å². The molecule has 0 aliphatic carbocycles. The molecule has 0 aliphatic rings. The summed E-state index contributed by atoms with van der Waals surface area (Å²) in [6, 6.07) is 64.4. The van der Waals surface area contributed by atoms with Crippen LogP contribution in [0.2, 0.25) is 0 Å². The standard InChI is InChI=1S/C44H30/c1-6-16-33(17-7-1)26-27-34-28-30-39(31-29-34)44-42(37-22-12-4-13-23-37)40(35-18-8-2-9-19-35)32-41(36-20-10-3-11-21-36)43(44)38-24-14-5-15-25-38/h1-25,28-32H. The third-order valence-electron chi connectivity index (χ3n) is 7.92. The molecule has 0 saturated carbocycles. The monoisotopic (exact) mass is 558 g/mol. The van der Waals surface area contributed by atoms with Crippen LogP contribution in [0, 0.1) is 11.8 Å². The fourth-order valence-corrected chi connectivity index (χ4v) is 5.86. The first-order valence-electron chi connectivity index (χ1n) is 15.0. The highest BCUT2D eigenvalue weighted by Crippen LogP contribution is 2.50. The molecule has 0 radical (unpaired) electrons. The second kappa shape index (κ2) is 12.5. The van der Waals surface area contributed by atoms with Crippen molar-refractivity contribution in [1.82, 2.24) is 0 Å². The predicted molar refractivity (Wildman–Crippen MR) is 186 cm³/mol. The molecule has 7 rings (SSSR count). The Morgan fingerprint density at radius 3 is 0.977 bits per heavy atom. The van der Waals surface area contributed by atoms with E-state index in [2.05, 4.69) is 164 Å². The summed E-state index contributed by atoms with van der Waals surface area (Å²) in [5.41, 5.74) is 14.0. The van der Waals surface area contributed by atoms with E-state index in [1.807, 2.05) is 30.3 Å². The van der Waals surface area contributed by atoms with Crippen LogP contribution in [0.5, 0.6) is 0 Å². The van der Waals surface area contributed by atoms with Gasteiger partial charge in [0, 0.05) is 11.1 Å². The van der Waals surface area contributed by atoms with E-state index >= 15 is 0 Å². The Bertz CT molecular complexity index is 1950. The minimum absolute atomic E-state index is 0.989. The van der Waals surface area contributed by atoms with E-state index in [-0.39, 0.29) is 0 Å². The van der Waals surface area contributed by atoms with Gasteiger partial charge in [-0.15, -0.1) is 0 Å². The summed E-state index contributed by atoms with van der Waals surface area (Å²) in [4.78, 5) is 0. The fraction of sp³-hybridized carbons (Fsp3) is 0. The van der Waals surface area contributed by atoms with Crippen molar-refractivity contribution in [2.75, 3.05) is 0 Å². The maximum atomic E-state index is 3.36. The van der Waals surface area contributed by atoms with Crippen molar-refractivity contribution < 1.29 is 0 Å². The maximum absolute atomic E-state index is 3.36. The van der Waals surface area contributed by atoms with Crippen LogP contribution in [0.25, 0.3) is 55.6 Å². The fourth-order valence-electron chi connectivity index (χ4n) is 5.86. The van der Waals surface area contributed by atoms with E-state index < -0.39 is 0 Å². The molecule has 0 bridgehead atoms. The Morgan fingerprint density at radius 1 is 0.250 bits per heavy atom. The Balaban J connectivity index is 1.56. The molecule has 0 unspecified atom stereocenters. The van der Waals surface area contributed by atoms with Gasteiger partial charge in [-0.25, -0.2) is 0 Å². The zero-order valence-corrected chi connectivity index (χ0v) is 24.3. The summed E-state index contributed by atoms with van der Waals surface area (Å²) in [6.07, 6.45) is 0. The highest BCUT2D eigenvalue weighted by atomic mass is 14.3. The molecule has 0 heterocycles. The highest BCUT2D eigenvalue weighted by Gasteiger charge is 2.23. The average molecular weight is 559 g/mol. The normalized spacial score (nSPS) is 10.5. The molecular weight excluding hydrogens is 528 g/mol. The number of benzene rings is 7. The molecule has 0 saturated heterocycles. The van der Waals surface area contributed by atoms with Crippen molar-refractivity contribution in [2.24, 2.45) is 0 Å². The first kappa shape index (κ1) is 27.0. The van der Waals surface area contributed by atoms with Crippen LogP contribution in [-0.4, -0.2) is 0 Å². The second-order valence-corrected chi connectivity index (χ2v) is 10.8. The SMILES string of the molecule is C(#Cc1ccc(-c2c(-c3ccccc3)c(-c3ccccc3)cc(-c3ccccc3)c2-c2ccccc2)cc1)c1ccccc1. The molecule has 0 amide bonds. The van der Waals surface area contributed by atoms with Crippen molar-refractivity contribution in [1.29, 1.82) is 0 Å². The lowest BCUT2D eigenvalue weighted by molar-refractivity contribution is 1.52. The zero-order chi connectivity index (χ0) is 29.6. The van der Waals surface area contributed by atoms with Gasteiger partial charge in [-0.05, 0) is 86.0 Å². The van der Waals surface area contributed by atoms with Gasteiger partial charge in [0.15, 0.2) is 0 Å².